The van der Waals surface area contributed by atoms with Crippen LogP contribution in [0.3, 0.4) is 0 Å². The van der Waals surface area contributed by atoms with E-state index in [4.69, 9.17) is 4.42 Å². The Balaban J connectivity index is 1.84. The molecule has 0 saturated carbocycles. The first-order valence-corrected chi connectivity index (χ1v) is 8.59. The monoisotopic (exact) mass is 328 g/mol. The highest BCUT2D eigenvalue weighted by Crippen LogP contribution is 2.22. The topological polar surface area (TPSA) is 72.2 Å². The van der Waals surface area contributed by atoms with E-state index in [2.05, 4.69) is 9.71 Å². The van der Waals surface area contributed by atoms with Crippen molar-refractivity contribution in [3.05, 3.63) is 72.1 Å². The zero-order chi connectivity index (χ0) is 16.3. The largest absolute Gasteiger partial charge is 0.463 e. The normalized spacial score (nSPS) is 11.5. The van der Waals surface area contributed by atoms with Gasteiger partial charge in [0.2, 0.25) is 10.0 Å². The Hall–Kier alpha value is -2.44. The van der Waals surface area contributed by atoms with Crippen molar-refractivity contribution in [1.82, 2.24) is 9.71 Å². The van der Waals surface area contributed by atoms with Crippen LogP contribution in [0.2, 0.25) is 0 Å². The van der Waals surface area contributed by atoms with E-state index >= 15 is 0 Å². The number of furan rings is 1. The first kappa shape index (κ1) is 15.5. The van der Waals surface area contributed by atoms with E-state index in [-0.39, 0.29) is 11.4 Å². The van der Waals surface area contributed by atoms with E-state index < -0.39 is 10.0 Å². The Morgan fingerprint density at radius 1 is 1.13 bits per heavy atom. The van der Waals surface area contributed by atoms with E-state index in [1.54, 1.807) is 48.9 Å². The summed E-state index contributed by atoms with van der Waals surface area (Å²) in [7, 11) is -3.57. The maximum absolute atomic E-state index is 12.4. The Kier molecular flexibility index (Phi) is 4.27. The van der Waals surface area contributed by atoms with E-state index in [0.717, 1.165) is 11.1 Å². The first-order chi connectivity index (χ1) is 11.1. The minimum Gasteiger partial charge on any atom is -0.463 e. The maximum Gasteiger partial charge on any atom is 0.240 e. The highest BCUT2D eigenvalue weighted by Gasteiger charge is 2.16. The average Bonchev–Trinajstić information content (AvgIpc) is 3.08. The average molecular weight is 328 g/mol. The van der Waals surface area contributed by atoms with E-state index in [0.29, 0.717) is 11.5 Å². The molecule has 0 radical (unpaired) electrons. The lowest BCUT2D eigenvalue weighted by molar-refractivity contribution is 0.575. The van der Waals surface area contributed by atoms with Crippen LogP contribution in [0.15, 0.2) is 70.3 Å². The van der Waals surface area contributed by atoms with Gasteiger partial charge in [0.1, 0.15) is 5.69 Å². The van der Waals surface area contributed by atoms with Crippen LogP contribution in [0.5, 0.6) is 0 Å². The van der Waals surface area contributed by atoms with Crippen LogP contribution in [-0.2, 0) is 16.6 Å². The number of aromatic nitrogens is 1. The molecule has 5 nitrogen and oxygen atoms in total. The molecule has 118 valence electrons. The van der Waals surface area contributed by atoms with E-state index in [1.165, 1.54) is 0 Å². The number of aryl methyl sites for hydroxylation is 1. The lowest BCUT2D eigenvalue weighted by Gasteiger charge is -2.09. The zero-order valence-corrected chi connectivity index (χ0v) is 13.4. The SMILES string of the molecule is Cc1cccc(S(=O)(=O)NCc2cccnc2-c2ccco2)c1. The summed E-state index contributed by atoms with van der Waals surface area (Å²) in [5.41, 5.74) is 2.27. The van der Waals surface area contributed by atoms with Gasteiger partial charge in [-0.1, -0.05) is 18.2 Å². The first-order valence-electron chi connectivity index (χ1n) is 7.10. The number of pyridine rings is 1. The molecule has 3 rings (SSSR count). The van der Waals surface area contributed by atoms with E-state index in [9.17, 15) is 8.42 Å². The molecule has 0 amide bonds. The molecule has 0 bridgehead atoms. The minimum atomic E-state index is -3.57. The molecule has 0 aliphatic carbocycles. The number of hydrogen-bond donors (Lipinski definition) is 1. The summed E-state index contributed by atoms with van der Waals surface area (Å²) in [5.74, 6) is 0.607. The van der Waals surface area contributed by atoms with Gasteiger partial charge in [-0.3, -0.25) is 4.98 Å². The Morgan fingerprint density at radius 2 is 2.00 bits per heavy atom. The zero-order valence-electron chi connectivity index (χ0n) is 12.6. The third-order valence-electron chi connectivity index (χ3n) is 3.40. The van der Waals surface area contributed by atoms with Gasteiger partial charge in [-0.05, 0) is 48.4 Å². The van der Waals surface area contributed by atoms with E-state index in [1.807, 2.05) is 19.1 Å². The van der Waals surface area contributed by atoms with Gasteiger partial charge in [0, 0.05) is 12.7 Å². The van der Waals surface area contributed by atoms with Crippen molar-refractivity contribution < 1.29 is 12.8 Å². The molecule has 3 aromatic rings. The van der Waals surface area contributed by atoms with Crippen molar-refractivity contribution in [3.8, 4) is 11.5 Å². The summed E-state index contributed by atoms with van der Waals surface area (Å²) in [5, 5.41) is 0. The number of rotatable bonds is 5. The number of sulfonamides is 1. The van der Waals surface area contributed by atoms with Gasteiger partial charge in [0.05, 0.1) is 11.2 Å². The molecule has 1 N–H and O–H groups in total. The molecule has 6 heteroatoms. The third-order valence-corrected chi connectivity index (χ3v) is 4.80. The molecular formula is C17H16N2O3S. The number of hydrogen-bond acceptors (Lipinski definition) is 4. The molecule has 0 fully saturated rings. The van der Waals surface area contributed by atoms with Gasteiger partial charge >= 0.3 is 0 Å². The molecule has 2 heterocycles. The molecule has 0 saturated heterocycles. The standard InChI is InChI=1S/C17H16N2O3S/c1-13-5-2-7-15(11-13)23(20,21)19-12-14-6-3-9-18-17(14)16-8-4-10-22-16/h2-11,19H,12H2,1H3. The maximum atomic E-state index is 12.4. The number of nitrogens with one attached hydrogen (secondary N) is 1. The molecule has 0 aliphatic rings. The van der Waals surface area contributed by atoms with Gasteiger partial charge < -0.3 is 4.42 Å². The molecule has 1 aromatic carbocycles. The molecule has 0 spiro atoms. The van der Waals surface area contributed by atoms with Crippen LogP contribution >= 0.6 is 0 Å². The van der Waals surface area contributed by atoms with Gasteiger partial charge in [0.15, 0.2) is 5.76 Å². The van der Waals surface area contributed by atoms with Crippen LogP contribution in [0.4, 0.5) is 0 Å². The van der Waals surface area contributed by atoms with Crippen molar-refractivity contribution in [2.45, 2.75) is 18.4 Å². The van der Waals surface area contributed by atoms with Gasteiger partial charge in [-0.15, -0.1) is 0 Å². The highest BCUT2D eigenvalue weighted by atomic mass is 32.2. The Labute approximate surface area is 135 Å². The van der Waals surface area contributed by atoms with Crippen LogP contribution in [0, 0.1) is 6.92 Å². The molecule has 23 heavy (non-hydrogen) atoms. The summed E-state index contributed by atoms with van der Waals surface area (Å²) in [6.45, 7) is 2.00. The van der Waals surface area contributed by atoms with Gasteiger partial charge in [0.25, 0.3) is 0 Å². The lowest BCUT2D eigenvalue weighted by Crippen LogP contribution is -2.23. The minimum absolute atomic E-state index is 0.139. The molecule has 0 atom stereocenters. The second-order valence-corrected chi connectivity index (χ2v) is 6.90. The number of nitrogens with zero attached hydrogens (tertiary/aromatic N) is 1. The fraction of sp³-hybridized carbons (Fsp3) is 0.118. The van der Waals surface area contributed by atoms with Crippen LogP contribution in [0.1, 0.15) is 11.1 Å². The van der Waals surface area contributed by atoms with Gasteiger partial charge in [-0.25, -0.2) is 13.1 Å². The molecular weight excluding hydrogens is 312 g/mol. The smallest absolute Gasteiger partial charge is 0.240 e. The van der Waals surface area contributed by atoms with Crippen molar-refractivity contribution in [2.24, 2.45) is 0 Å². The summed E-state index contributed by atoms with van der Waals surface area (Å²) >= 11 is 0. The lowest BCUT2D eigenvalue weighted by atomic mass is 10.1. The van der Waals surface area contributed by atoms with Gasteiger partial charge in [-0.2, -0.15) is 0 Å². The van der Waals surface area contributed by atoms with Crippen LogP contribution in [-0.4, -0.2) is 13.4 Å². The second-order valence-electron chi connectivity index (χ2n) is 5.13. The third kappa shape index (κ3) is 3.49. The predicted molar refractivity (Wildman–Crippen MR) is 87.1 cm³/mol. The van der Waals surface area contributed by atoms with Crippen molar-refractivity contribution in [3.63, 3.8) is 0 Å². The Bertz CT molecular complexity index is 903. The molecule has 0 unspecified atom stereocenters. The second kappa shape index (κ2) is 6.36. The van der Waals surface area contributed by atoms with Crippen molar-refractivity contribution in [1.29, 1.82) is 0 Å². The Morgan fingerprint density at radius 3 is 2.74 bits per heavy atom. The number of benzene rings is 1. The summed E-state index contributed by atoms with van der Waals surface area (Å²) in [6.07, 6.45) is 3.21. The predicted octanol–water partition coefficient (Wildman–Crippen LogP) is 3.13. The van der Waals surface area contributed by atoms with Crippen LogP contribution < -0.4 is 4.72 Å². The fourth-order valence-corrected chi connectivity index (χ4v) is 3.37. The van der Waals surface area contributed by atoms with Crippen molar-refractivity contribution in [2.75, 3.05) is 0 Å². The molecule has 2 aromatic heterocycles. The highest BCUT2D eigenvalue weighted by molar-refractivity contribution is 7.89. The summed E-state index contributed by atoms with van der Waals surface area (Å²) in [4.78, 5) is 4.53. The quantitative estimate of drug-likeness (QED) is 0.781. The van der Waals surface area contributed by atoms with Crippen molar-refractivity contribution >= 4 is 10.0 Å². The fourth-order valence-electron chi connectivity index (χ4n) is 2.26. The van der Waals surface area contributed by atoms with Crippen LogP contribution in [0.25, 0.3) is 11.5 Å². The molecule has 0 aliphatic heterocycles. The summed E-state index contributed by atoms with van der Waals surface area (Å²) < 4.78 is 32.8. The summed E-state index contributed by atoms with van der Waals surface area (Å²) in [6, 6.07) is 13.9.